The molecule has 0 saturated heterocycles. The Morgan fingerprint density at radius 3 is 2.12 bits per heavy atom. The summed E-state index contributed by atoms with van der Waals surface area (Å²) in [4.78, 5) is 24.8. The fourth-order valence-electron chi connectivity index (χ4n) is 4.59. The Hall–Kier alpha value is -1.64. The molecular formula is C23H32O3. The van der Waals surface area contributed by atoms with Crippen LogP contribution in [0.1, 0.15) is 75.1 Å². The molecule has 2 atom stereocenters. The van der Waals surface area contributed by atoms with Crippen LogP contribution < -0.4 is 0 Å². The van der Waals surface area contributed by atoms with Gasteiger partial charge in [-0.1, -0.05) is 39.3 Å². The van der Waals surface area contributed by atoms with Gasteiger partial charge >= 0.3 is 5.97 Å². The SMILES string of the molecule is Cc1cc(C(C)(C)C)cc(C)c1COC(=O)C1C[C@@H]2CCC[C@@H](C1)C2=O. The molecule has 1 aromatic rings. The van der Waals surface area contributed by atoms with Crippen molar-refractivity contribution >= 4 is 11.8 Å². The topological polar surface area (TPSA) is 43.4 Å². The van der Waals surface area contributed by atoms with Crippen molar-refractivity contribution in [1.29, 1.82) is 0 Å². The molecule has 0 heterocycles. The summed E-state index contributed by atoms with van der Waals surface area (Å²) in [5.74, 6) is 0.361. The van der Waals surface area contributed by atoms with Crippen LogP contribution >= 0.6 is 0 Å². The molecule has 0 aliphatic heterocycles. The lowest BCUT2D eigenvalue weighted by molar-refractivity contribution is -0.154. The van der Waals surface area contributed by atoms with Crippen LogP contribution in [0.3, 0.4) is 0 Å². The Bertz CT molecular complexity index is 672. The summed E-state index contributed by atoms with van der Waals surface area (Å²) in [7, 11) is 0. The number of hydrogen-bond acceptors (Lipinski definition) is 3. The summed E-state index contributed by atoms with van der Waals surface area (Å²) in [6, 6.07) is 4.42. The zero-order valence-corrected chi connectivity index (χ0v) is 16.9. The summed E-state index contributed by atoms with van der Waals surface area (Å²) >= 11 is 0. The summed E-state index contributed by atoms with van der Waals surface area (Å²) in [5, 5.41) is 0. The minimum absolute atomic E-state index is 0.0922. The molecule has 0 spiro atoms. The molecule has 3 rings (SSSR count). The van der Waals surface area contributed by atoms with Crippen LogP contribution in [-0.2, 0) is 26.3 Å². The summed E-state index contributed by atoms with van der Waals surface area (Å²) in [5.41, 5.74) is 4.88. The van der Waals surface area contributed by atoms with E-state index in [1.807, 2.05) is 0 Å². The summed E-state index contributed by atoms with van der Waals surface area (Å²) < 4.78 is 5.70. The van der Waals surface area contributed by atoms with Crippen molar-refractivity contribution in [2.75, 3.05) is 0 Å². The molecule has 0 aromatic heterocycles. The number of rotatable bonds is 3. The lowest BCUT2D eigenvalue weighted by Crippen LogP contribution is -2.39. The zero-order valence-electron chi connectivity index (χ0n) is 16.9. The minimum Gasteiger partial charge on any atom is -0.461 e. The Morgan fingerprint density at radius 1 is 1.08 bits per heavy atom. The second kappa shape index (κ2) is 7.17. The number of carbonyl (C=O) groups excluding carboxylic acids is 2. The predicted molar refractivity (Wildman–Crippen MR) is 103 cm³/mol. The third-order valence-electron chi connectivity index (χ3n) is 6.30. The van der Waals surface area contributed by atoms with Crippen molar-refractivity contribution in [1.82, 2.24) is 0 Å². The Labute approximate surface area is 157 Å². The molecule has 1 aromatic carbocycles. The number of ketones is 1. The van der Waals surface area contributed by atoms with Crippen LogP contribution in [-0.4, -0.2) is 11.8 Å². The lowest BCUT2D eigenvalue weighted by Gasteiger charge is -2.36. The van der Waals surface area contributed by atoms with Crippen LogP contribution in [0.4, 0.5) is 0 Å². The first-order valence-corrected chi connectivity index (χ1v) is 9.97. The van der Waals surface area contributed by atoms with Gasteiger partial charge in [0.15, 0.2) is 0 Å². The van der Waals surface area contributed by atoms with Crippen LogP contribution in [0.15, 0.2) is 12.1 Å². The molecule has 3 heteroatoms. The van der Waals surface area contributed by atoms with Gasteiger partial charge in [0.25, 0.3) is 0 Å². The maximum absolute atomic E-state index is 12.6. The minimum atomic E-state index is -0.118. The van der Waals surface area contributed by atoms with Gasteiger partial charge in [0.2, 0.25) is 0 Å². The Kier molecular flexibility index (Phi) is 5.28. The molecule has 3 nitrogen and oxygen atoms in total. The summed E-state index contributed by atoms with van der Waals surface area (Å²) in [6.45, 7) is 11.2. The molecule has 2 saturated carbocycles. The number of ether oxygens (including phenoxy) is 1. The Morgan fingerprint density at radius 2 is 1.62 bits per heavy atom. The van der Waals surface area contributed by atoms with Crippen molar-refractivity contribution in [3.8, 4) is 0 Å². The third kappa shape index (κ3) is 3.87. The van der Waals surface area contributed by atoms with Gasteiger partial charge in [-0.3, -0.25) is 9.59 Å². The molecule has 0 amide bonds. The van der Waals surface area contributed by atoms with E-state index in [1.54, 1.807) is 0 Å². The number of esters is 1. The monoisotopic (exact) mass is 356 g/mol. The zero-order chi connectivity index (χ0) is 19.1. The van der Waals surface area contributed by atoms with E-state index in [-0.39, 0.29) is 29.1 Å². The molecule has 0 N–H and O–H groups in total. The first-order valence-electron chi connectivity index (χ1n) is 9.97. The van der Waals surface area contributed by atoms with Gasteiger partial charge < -0.3 is 4.74 Å². The number of carbonyl (C=O) groups is 2. The predicted octanol–water partition coefficient (Wildman–Crippen LogP) is 5.04. The highest BCUT2D eigenvalue weighted by molar-refractivity contribution is 5.87. The highest BCUT2D eigenvalue weighted by Gasteiger charge is 2.41. The van der Waals surface area contributed by atoms with Crippen LogP contribution in [0.5, 0.6) is 0 Å². The van der Waals surface area contributed by atoms with E-state index in [4.69, 9.17) is 4.74 Å². The molecule has 2 bridgehead atoms. The molecule has 2 aliphatic carbocycles. The molecule has 142 valence electrons. The van der Waals surface area contributed by atoms with Crippen LogP contribution in [0.2, 0.25) is 0 Å². The quantitative estimate of drug-likeness (QED) is 0.713. The van der Waals surface area contributed by atoms with E-state index in [1.165, 1.54) is 16.7 Å². The van der Waals surface area contributed by atoms with Gasteiger partial charge in [-0.15, -0.1) is 0 Å². The van der Waals surface area contributed by atoms with Crippen LogP contribution in [0.25, 0.3) is 0 Å². The maximum Gasteiger partial charge on any atom is 0.309 e. The summed E-state index contributed by atoms with van der Waals surface area (Å²) in [6.07, 6.45) is 4.41. The van der Waals surface area contributed by atoms with E-state index < -0.39 is 0 Å². The lowest BCUT2D eigenvalue weighted by atomic mass is 9.67. The number of benzene rings is 1. The fraction of sp³-hybridized carbons (Fsp3) is 0.652. The van der Waals surface area contributed by atoms with E-state index in [0.717, 1.165) is 24.8 Å². The molecule has 0 radical (unpaired) electrons. The highest BCUT2D eigenvalue weighted by atomic mass is 16.5. The van der Waals surface area contributed by atoms with E-state index in [9.17, 15) is 9.59 Å². The van der Waals surface area contributed by atoms with Gasteiger partial charge in [0.05, 0.1) is 5.92 Å². The number of Topliss-reactive ketones (excluding diaryl/α,β-unsaturated/α-hetero) is 1. The first kappa shape index (κ1) is 19.1. The van der Waals surface area contributed by atoms with Crippen molar-refractivity contribution in [3.63, 3.8) is 0 Å². The number of aryl methyl sites for hydroxylation is 2. The molecule has 2 fully saturated rings. The molecule has 26 heavy (non-hydrogen) atoms. The van der Waals surface area contributed by atoms with Crippen LogP contribution in [0, 0.1) is 31.6 Å². The van der Waals surface area contributed by atoms with Gasteiger partial charge in [0.1, 0.15) is 12.4 Å². The molecular weight excluding hydrogens is 324 g/mol. The van der Waals surface area contributed by atoms with Gasteiger partial charge in [-0.05, 0) is 67.2 Å². The van der Waals surface area contributed by atoms with Crippen molar-refractivity contribution in [2.24, 2.45) is 17.8 Å². The third-order valence-corrected chi connectivity index (χ3v) is 6.30. The number of fused-ring (bicyclic) bond motifs is 2. The van der Waals surface area contributed by atoms with Gasteiger partial charge in [-0.2, -0.15) is 0 Å². The fourth-order valence-corrected chi connectivity index (χ4v) is 4.59. The van der Waals surface area contributed by atoms with Gasteiger partial charge in [-0.25, -0.2) is 0 Å². The second-order valence-electron chi connectivity index (χ2n) is 9.34. The Balaban J connectivity index is 1.66. The van der Waals surface area contributed by atoms with Gasteiger partial charge in [0, 0.05) is 11.8 Å². The van der Waals surface area contributed by atoms with E-state index in [0.29, 0.717) is 25.2 Å². The smallest absolute Gasteiger partial charge is 0.309 e. The maximum atomic E-state index is 12.6. The second-order valence-corrected chi connectivity index (χ2v) is 9.34. The van der Waals surface area contributed by atoms with Crippen molar-refractivity contribution in [3.05, 3.63) is 34.4 Å². The van der Waals surface area contributed by atoms with E-state index >= 15 is 0 Å². The number of hydrogen-bond donors (Lipinski definition) is 0. The largest absolute Gasteiger partial charge is 0.461 e. The average Bonchev–Trinajstić information content (AvgIpc) is 2.52. The molecule has 2 aliphatic rings. The highest BCUT2D eigenvalue weighted by Crippen LogP contribution is 2.40. The normalized spacial score (nSPS) is 25.9. The van der Waals surface area contributed by atoms with Crippen molar-refractivity contribution < 1.29 is 14.3 Å². The molecule has 0 unspecified atom stereocenters. The van der Waals surface area contributed by atoms with Crippen molar-refractivity contribution in [2.45, 2.75) is 78.7 Å². The first-order chi connectivity index (χ1) is 12.2. The standard InChI is InChI=1S/C23H32O3/c1-14-9-19(23(3,4)5)10-15(2)20(14)13-26-22(25)18-11-16-7-6-8-17(12-18)21(16)24/h9-10,16-18H,6-8,11-13H2,1-5H3/t16-,17-/m0/s1. The average molecular weight is 357 g/mol. The van der Waals surface area contributed by atoms with E-state index in [2.05, 4.69) is 46.8 Å².